The van der Waals surface area contributed by atoms with Crippen LogP contribution in [-0.2, 0) is 13.1 Å². The minimum Gasteiger partial charge on any atom is -0.342 e. The summed E-state index contributed by atoms with van der Waals surface area (Å²) in [5, 5.41) is 1.98. The van der Waals surface area contributed by atoms with E-state index in [0.29, 0.717) is 6.54 Å². The number of fused-ring (bicyclic) bond motifs is 1. The molecule has 0 saturated heterocycles. The van der Waals surface area contributed by atoms with E-state index in [4.69, 9.17) is 11.6 Å². The van der Waals surface area contributed by atoms with Gasteiger partial charge in [-0.1, -0.05) is 72.3 Å². The Hall–Kier alpha value is -2.84. The zero-order valence-electron chi connectivity index (χ0n) is 14.3. The average Bonchev–Trinajstić information content (AvgIpc) is 3.02. The SMILES string of the molecule is Clc1ccc(CN=Cc2cn(Cc3ccccc3)c3ccccc23)cc1. The molecular formula is C23H19ClN2. The summed E-state index contributed by atoms with van der Waals surface area (Å²) >= 11 is 5.94. The van der Waals surface area contributed by atoms with E-state index in [1.54, 1.807) is 0 Å². The highest BCUT2D eigenvalue weighted by molar-refractivity contribution is 6.30. The molecule has 4 rings (SSSR count). The van der Waals surface area contributed by atoms with Gasteiger partial charge in [0.2, 0.25) is 0 Å². The number of aliphatic imine (C=N–C) groups is 1. The molecular weight excluding hydrogens is 340 g/mol. The Morgan fingerprint density at radius 1 is 0.808 bits per heavy atom. The smallest absolute Gasteiger partial charge is 0.0640 e. The predicted octanol–water partition coefficient (Wildman–Crippen LogP) is 5.96. The molecule has 0 unspecified atom stereocenters. The third-order valence-corrected chi connectivity index (χ3v) is 4.68. The summed E-state index contributed by atoms with van der Waals surface area (Å²) in [6.07, 6.45) is 4.15. The summed E-state index contributed by atoms with van der Waals surface area (Å²) < 4.78 is 2.29. The fraction of sp³-hybridized carbons (Fsp3) is 0.0870. The minimum absolute atomic E-state index is 0.648. The van der Waals surface area contributed by atoms with E-state index < -0.39 is 0 Å². The highest BCUT2D eigenvalue weighted by Gasteiger charge is 2.06. The minimum atomic E-state index is 0.648. The van der Waals surface area contributed by atoms with Crippen molar-refractivity contribution in [2.24, 2.45) is 4.99 Å². The molecule has 0 fully saturated rings. The Labute approximate surface area is 158 Å². The lowest BCUT2D eigenvalue weighted by Gasteiger charge is -2.05. The molecule has 4 aromatic rings. The number of para-hydroxylation sites is 1. The molecule has 0 N–H and O–H groups in total. The molecule has 0 aliphatic rings. The van der Waals surface area contributed by atoms with Crippen molar-refractivity contribution in [2.45, 2.75) is 13.1 Å². The van der Waals surface area contributed by atoms with E-state index in [1.807, 2.05) is 36.5 Å². The molecule has 0 atom stereocenters. The molecule has 0 bridgehead atoms. The molecule has 0 amide bonds. The lowest BCUT2D eigenvalue weighted by molar-refractivity contribution is 0.836. The highest BCUT2D eigenvalue weighted by Crippen LogP contribution is 2.21. The summed E-state index contributed by atoms with van der Waals surface area (Å²) in [7, 11) is 0. The van der Waals surface area contributed by atoms with E-state index >= 15 is 0 Å². The molecule has 3 aromatic carbocycles. The van der Waals surface area contributed by atoms with Gasteiger partial charge in [0.25, 0.3) is 0 Å². The summed E-state index contributed by atoms with van der Waals surface area (Å²) in [6.45, 7) is 1.50. The van der Waals surface area contributed by atoms with Crippen molar-refractivity contribution >= 4 is 28.7 Å². The first-order valence-corrected chi connectivity index (χ1v) is 9.03. The summed E-state index contributed by atoms with van der Waals surface area (Å²) in [6, 6.07) is 26.8. The van der Waals surface area contributed by atoms with Crippen LogP contribution in [0.15, 0.2) is 90.1 Å². The zero-order valence-corrected chi connectivity index (χ0v) is 15.1. The molecule has 0 spiro atoms. The second kappa shape index (κ2) is 7.59. The maximum Gasteiger partial charge on any atom is 0.0640 e. The fourth-order valence-corrected chi connectivity index (χ4v) is 3.25. The lowest BCUT2D eigenvalue weighted by Crippen LogP contribution is -1.97. The normalized spacial score (nSPS) is 11.4. The first-order chi connectivity index (χ1) is 12.8. The zero-order chi connectivity index (χ0) is 17.8. The number of benzene rings is 3. The van der Waals surface area contributed by atoms with Gasteiger partial charge in [0, 0.05) is 40.4 Å². The van der Waals surface area contributed by atoms with Crippen molar-refractivity contribution in [3.8, 4) is 0 Å². The van der Waals surface area contributed by atoms with Gasteiger partial charge in [-0.05, 0) is 29.3 Å². The monoisotopic (exact) mass is 358 g/mol. The molecule has 2 nitrogen and oxygen atoms in total. The lowest BCUT2D eigenvalue weighted by atomic mass is 10.2. The quantitative estimate of drug-likeness (QED) is 0.391. The van der Waals surface area contributed by atoms with Gasteiger partial charge in [-0.25, -0.2) is 0 Å². The topological polar surface area (TPSA) is 17.3 Å². The van der Waals surface area contributed by atoms with Gasteiger partial charge in [0.1, 0.15) is 0 Å². The van der Waals surface area contributed by atoms with E-state index in [2.05, 4.69) is 64.3 Å². The fourth-order valence-electron chi connectivity index (χ4n) is 3.13. The van der Waals surface area contributed by atoms with Crippen LogP contribution in [-0.4, -0.2) is 10.8 Å². The second-order valence-electron chi connectivity index (χ2n) is 6.31. The van der Waals surface area contributed by atoms with E-state index in [0.717, 1.165) is 22.7 Å². The Balaban J connectivity index is 1.60. The summed E-state index contributed by atoms with van der Waals surface area (Å²) in [5.41, 5.74) is 4.81. The van der Waals surface area contributed by atoms with E-state index in [-0.39, 0.29) is 0 Å². The number of halogens is 1. The van der Waals surface area contributed by atoms with Gasteiger partial charge in [-0.15, -0.1) is 0 Å². The van der Waals surface area contributed by atoms with Gasteiger partial charge < -0.3 is 4.57 Å². The van der Waals surface area contributed by atoms with Crippen LogP contribution in [0.25, 0.3) is 10.9 Å². The molecule has 128 valence electrons. The maximum atomic E-state index is 5.94. The summed E-state index contributed by atoms with van der Waals surface area (Å²) in [5.74, 6) is 0. The van der Waals surface area contributed by atoms with Crippen LogP contribution < -0.4 is 0 Å². The third kappa shape index (κ3) is 3.71. The van der Waals surface area contributed by atoms with Gasteiger partial charge in [-0.3, -0.25) is 4.99 Å². The Kier molecular flexibility index (Phi) is 4.85. The highest BCUT2D eigenvalue weighted by atomic mass is 35.5. The third-order valence-electron chi connectivity index (χ3n) is 4.43. The maximum absolute atomic E-state index is 5.94. The summed E-state index contributed by atoms with van der Waals surface area (Å²) in [4.78, 5) is 4.63. The van der Waals surface area contributed by atoms with Gasteiger partial charge >= 0.3 is 0 Å². The first-order valence-electron chi connectivity index (χ1n) is 8.66. The molecule has 3 heteroatoms. The van der Waals surface area contributed by atoms with Gasteiger partial charge in [0.15, 0.2) is 0 Å². The molecule has 0 radical (unpaired) electrons. The molecule has 26 heavy (non-hydrogen) atoms. The average molecular weight is 359 g/mol. The number of rotatable bonds is 5. The van der Waals surface area contributed by atoms with Crippen LogP contribution in [0.5, 0.6) is 0 Å². The predicted molar refractivity (Wildman–Crippen MR) is 110 cm³/mol. The van der Waals surface area contributed by atoms with Crippen LogP contribution in [0, 0.1) is 0 Å². The molecule has 0 aliphatic heterocycles. The van der Waals surface area contributed by atoms with Crippen molar-refractivity contribution in [2.75, 3.05) is 0 Å². The second-order valence-corrected chi connectivity index (χ2v) is 6.75. The Morgan fingerprint density at radius 3 is 2.35 bits per heavy atom. The van der Waals surface area contributed by atoms with Crippen molar-refractivity contribution in [1.82, 2.24) is 4.57 Å². The van der Waals surface area contributed by atoms with E-state index in [9.17, 15) is 0 Å². The van der Waals surface area contributed by atoms with Crippen LogP contribution in [0.1, 0.15) is 16.7 Å². The van der Waals surface area contributed by atoms with E-state index in [1.165, 1.54) is 16.5 Å². The van der Waals surface area contributed by atoms with Crippen LogP contribution in [0.4, 0.5) is 0 Å². The number of nitrogens with zero attached hydrogens (tertiary/aromatic N) is 2. The first kappa shape index (κ1) is 16.6. The molecule has 1 aromatic heterocycles. The van der Waals surface area contributed by atoms with Crippen molar-refractivity contribution in [3.63, 3.8) is 0 Å². The van der Waals surface area contributed by atoms with Crippen molar-refractivity contribution in [3.05, 3.63) is 107 Å². The molecule has 0 aliphatic carbocycles. The number of hydrogen-bond donors (Lipinski definition) is 0. The van der Waals surface area contributed by atoms with Crippen LogP contribution >= 0.6 is 11.6 Å². The van der Waals surface area contributed by atoms with Crippen LogP contribution in [0.3, 0.4) is 0 Å². The number of hydrogen-bond acceptors (Lipinski definition) is 1. The standard InChI is InChI=1S/C23H19ClN2/c24-21-12-10-18(11-13-21)14-25-15-20-17-26(16-19-6-2-1-3-7-19)23-9-5-4-8-22(20)23/h1-13,15,17H,14,16H2. The molecule has 1 heterocycles. The van der Waals surface area contributed by atoms with Gasteiger partial charge in [0.05, 0.1) is 6.54 Å². The van der Waals surface area contributed by atoms with Crippen molar-refractivity contribution < 1.29 is 0 Å². The Morgan fingerprint density at radius 2 is 1.54 bits per heavy atom. The number of aromatic nitrogens is 1. The molecule has 0 saturated carbocycles. The van der Waals surface area contributed by atoms with Crippen LogP contribution in [0.2, 0.25) is 5.02 Å². The largest absolute Gasteiger partial charge is 0.342 e. The van der Waals surface area contributed by atoms with Gasteiger partial charge in [-0.2, -0.15) is 0 Å². The van der Waals surface area contributed by atoms with Crippen molar-refractivity contribution in [1.29, 1.82) is 0 Å². The Bertz CT molecular complexity index is 1030.